The fourth-order valence-corrected chi connectivity index (χ4v) is 2.35. The highest BCUT2D eigenvalue weighted by Crippen LogP contribution is 2.15. The summed E-state index contributed by atoms with van der Waals surface area (Å²) in [5.74, 6) is -1.12. The summed E-state index contributed by atoms with van der Waals surface area (Å²) >= 11 is 0. The first-order chi connectivity index (χ1) is 9.99. The van der Waals surface area contributed by atoms with Crippen LogP contribution in [0.25, 0.3) is 0 Å². The molecule has 1 aliphatic heterocycles. The van der Waals surface area contributed by atoms with Gasteiger partial charge in [0, 0.05) is 13.1 Å². The SMILES string of the molecule is CCC(C)[C@H](NC(=O)N1CCC(OCCO)CC1)C(=O)O. The summed E-state index contributed by atoms with van der Waals surface area (Å²) in [6.45, 7) is 5.09. The number of likely N-dealkylation sites (tertiary alicyclic amines) is 1. The van der Waals surface area contributed by atoms with Crippen LogP contribution in [0.1, 0.15) is 33.1 Å². The Hall–Kier alpha value is -1.34. The third-order valence-corrected chi connectivity index (χ3v) is 3.93. The summed E-state index contributed by atoms with van der Waals surface area (Å²) in [6, 6.07) is -1.19. The zero-order valence-electron chi connectivity index (χ0n) is 12.7. The molecule has 1 heterocycles. The number of aliphatic carboxylic acids is 1. The molecule has 0 aromatic rings. The average molecular weight is 302 g/mol. The molecule has 1 aliphatic rings. The summed E-state index contributed by atoms with van der Waals surface area (Å²) in [5.41, 5.74) is 0. The number of carbonyl (C=O) groups is 2. The van der Waals surface area contributed by atoms with Gasteiger partial charge in [-0.15, -0.1) is 0 Å². The third kappa shape index (κ3) is 5.51. The number of carboxylic acid groups (broad SMARTS) is 1. The van der Waals surface area contributed by atoms with E-state index in [0.29, 0.717) is 39.0 Å². The third-order valence-electron chi connectivity index (χ3n) is 3.93. The van der Waals surface area contributed by atoms with Gasteiger partial charge >= 0.3 is 12.0 Å². The van der Waals surface area contributed by atoms with Crippen molar-refractivity contribution in [1.29, 1.82) is 0 Å². The van der Waals surface area contributed by atoms with Crippen molar-refractivity contribution in [2.24, 2.45) is 5.92 Å². The van der Waals surface area contributed by atoms with Gasteiger partial charge in [-0.3, -0.25) is 0 Å². The van der Waals surface area contributed by atoms with Crippen molar-refractivity contribution in [2.45, 2.75) is 45.3 Å². The largest absolute Gasteiger partial charge is 0.480 e. The van der Waals surface area contributed by atoms with Gasteiger partial charge in [-0.05, 0) is 18.8 Å². The minimum absolute atomic E-state index is 0.00407. The van der Waals surface area contributed by atoms with E-state index in [-0.39, 0.29) is 24.7 Å². The van der Waals surface area contributed by atoms with Crippen LogP contribution in [0.4, 0.5) is 4.79 Å². The van der Waals surface area contributed by atoms with Gasteiger partial charge in [-0.1, -0.05) is 20.3 Å². The van der Waals surface area contributed by atoms with Crippen LogP contribution in [-0.4, -0.2) is 65.6 Å². The van der Waals surface area contributed by atoms with Gasteiger partial charge in [0.1, 0.15) is 6.04 Å². The van der Waals surface area contributed by atoms with Crippen LogP contribution in [0.3, 0.4) is 0 Å². The van der Waals surface area contributed by atoms with E-state index in [1.165, 1.54) is 0 Å². The van der Waals surface area contributed by atoms with Crippen LogP contribution in [0.5, 0.6) is 0 Å². The molecule has 0 radical (unpaired) electrons. The van der Waals surface area contributed by atoms with Crippen LogP contribution in [0.2, 0.25) is 0 Å². The number of ether oxygens (including phenoxy) is 1. The van der Waals surface area contributed by atoms with E-state index < -0.39 is 12.0 Å². The van der Waals surface area contributed by atoms with E-state index in [0.717, 1.165) is 0 Å². The predicted molar refractivity (Wildman–Crippen MR) is 77.0 cm³/mol. The molecule has 21 heavy (non-hydrogen) atoms. The number of rotatable bonds is 7. The fraction of sp³-hybridized carbons (Fsp3) is 0.857. The summed E-state index contributed by atoms with van der Waals surface area (Å²) in [7, 11) is 0. The van der Waals surface area contributed by atoms with Gasteiger partial charge in [0.05, 0.1) is 19.3 Å². The lowest BCUT2D eigenvalue weighted by Crippen LogP contribution is -2.52. The van der Waals surface area contributed by atoms with Crippen LogP contribution in [0, 0.1) is 5.92 Å². The Kier molecular flexibility index (Phi) is 7.45. The molecule has 0 spiro atoms. The molecular formula is C14H26N2O5. The molecule has 2 atom stereocenters. The van der Waals surface area contributed by atoms with E-state index >= 15 is 0 Å². The number of nitrogens with zero attached hydrogens (tertiary/aromatic N) is 1. The molecule has 0 aliphatic carbocycles. The molecule has 0 bridgehead atoms. The quantitative estimate of drug-likeness (QED) is 0.642. The smallest absolute Gasteiger partial charge is 0.326 e. The van der Waals surface area contributed by atoms with Crippen LogP contribution in [0.15, 0.2) is 0 Å². The second-order valence-corrected chi connectivity index (χ2v) is 5.43. The highest BCUT2D eigenvalue weighted by atomic mass is 16.5. The standard InChI is InChI=1S/C14H26N2O5/c1-3-10(2)12(13(18)19)15-14(20)16-6-4-11(5-7-16)21-9-8-17/h10-12,17H,3-9H2,1-2H3,(H,15,20)(H,18,19)/t10?,12-/m0/s1. The van der Waals surface area contributed by atoms with Gasteiger partial charge in [-0.2, -0.15) is 0 Å². The number of amides is 2. The molecule has 122 valence electrons. The molecule has 0 aromatic heterocycles. The maximum absolute atomic E-state index is 12.1. The lowest BCUT2D eigenvalue weighted by Gasteiger charge is -2.33. The number of carbonyl (C=O) groups excluding carboxylic acids is 1. The average Bonchev–Trinajstić information content (AvgIpc) is 2.49. The first-order valence-corrected chi connectivity index (χ1v) is 7.50. The van der Waals surface area contributed by atoms with Gasteiger partial charge in [0.2, 0.25) is 0 Å². The Morgan fingerprint density at radius 1 is 1.38 bits per heavy atom. The Balaban J connectivity index is 2.44. The number of urea groups is 1. The normalized spacial score (nSPS) is 19.1. The monoisotopic (exact) mass is 302 g/mol. The van der Waals surface area contributed by atoms with E-state index in [4.69, 9.17) is 9.84 Å². The van der Waals surface area contributed by atoms with E-state index in [2.05, 4.69) is 5.32 Å². The molecule has 1 rings (SSSR count). The minimum Gasteiger partial charge on any atom is -0.480 e. The molecule has 0 saturated carbocycles. The first kappa shape index (κ1) is 17.7. The highest BCUT2D eigenvalue weighted by molar-refractivity contribution is 5.82. The van der Waals surface area contributed by atoms with Gasteiger partial charge < -0.3 is 25.2 Å². The van der Waals surface area contributed by atoms with Gasteiger partial charge in [0.25, 0.3) is 0 Å². The van der Waals surface area contributed by atoms with Crippen molar-refractivity contribution < 1.29 is 24.5 Å². The molecular weight excluding hydrogens is 276 g/mol. The fourth-order valence-electron chi connectivity index (χ4n) is 2.35. The Morgan fingerprint density at radius 3 is 2.48 bits per heavy atom. The molecule has 3 N–H and O–H groups in total. The number of carboxylic acids is 1. The van der Waals surface area contributed by atoms with Crippen molar-refractivity contribution in [3.63, 3.8) is 0 Å². The van der Waals surface area contributed by atoms with Gasteiger partial charge in [-0.25, -0.2) is 9.59 Å². The number of hydrogen-bond acceptors (Lipinski definition) is 4. The van der Waals surface area contributed by atoms with Crippen molar-refractivity contribution in [3.8, 4) is 0 Å². The van der Waals surface area contributed by atoms with E-state index in [1.807, 2.05) is 13.8 Å². The zero-order chi connectivity index (χ0) is 15.8. The molecule has 7 nitrogen and oxygen atoms in total. The minimum atomic E-state index is -1.00. The number of aliphatic hydroxyl groups excluding tert-OH is 1. The number of hydrogen-bond donors (Lipinski definition) is 3. The topological polar surface area (TPSA) is 99.1 Å². The zero-order valence-corrected chi connectivity index (χ0v) is 12.7. The summed E-state index contributed by atoms with van der Waals surface area (Å²) in [5, 5.41) is 20.5. The van der Waals surface area contributed by atoms with Crippen molar-refractivity contribution in [1.82, 2.24) is 10.2 Å². The molecule has 2 amide bonds. The number of aliphatic hydroxyl groups is 1. The summed E-state index contributed by atoms with van der Waals surface area (Å²) in [4.78, 5) is 25.0. The highest BCUT2D eigenvalue weighted by Gasteiger charge is 2.29. The van der Waals surface area contributed by atoms with Gasteiger partial charge in [0.15, 0.2) is 0 Å². The van der Waals surface area contributed by atoms with Crippen LogP contribution >= 0.6 is 0 Å². The molecule has 7 heteroatoms. The second kappa shape index (κ2) is 8.84. The maximum atomic E-state index is 12.1. The molecule has 1 unspecified atom stereocenters. The van der Waals surface area contributed by atoms with E-state index in [9.17, 15) is 14.7 Å². The van der Waals surface area contributed by atoms with E-state index in [1.54, 1.807) is 4.90 Å². The lowest BCUT2D eigenvalue weighted by atomic mass is 9.99. The molecule has 1 saturated heterocycles. The predicted octanol–water partition coefficient (Wildman–Crippen LogP) is 0.669. The summed E-state index contributed by atoms with van der Waals surface area (Å²) < 4.78 is 5.43. The maximum Gasteiger partial charge on any atom is 0.326 e. The first-order valence-electron chi connectivity index (χ1n) is 7.50. The Bertz CT molecular complexity index is 342. The second-order valence-electron chi connectivity index (χ2n) is 5.43. The molecule has 0 aromatic carbocycles. The Labute approximate surface area is 125 Å². The number of piperidine rings is 1. The van der Waals surface area contributed by atoms with Crippen molar-refractivity contribution >= 4 is 12.0 Å². The van der Waals surface area contributed by atoms with Crippen LogP contribution < -0.4 is 5.32 Å². The van der Waals surface area contributed by atoms with Crippen LogP contribution in [-0.2, 0) is 9.53 Å². The lowest BCUT2D eigenvalue weighted by molar-refractivity contribution is -0.140. The molecule has 1 fully saturated rings. The van der Waals surface area contributed by atoms with Crippen molar-refractivity contribution in [2.75, 3.05) is 26.3 Å². The Morgan fingerprint density at radius 2 is 2.00 bits per heavy atom. The van der Waals surface area contributed by atoms with Crippen molar-refractivity contribution in [3.05, 3.63) is 0 Å². The number of nitrogens with one attached hydrogen (secondary N) is 1. The summed E-state index contributed by atoms with van der Waals surface area (Å²) in [6.07, 6.45) is 2.16.